The Bertz CT molecular complexity index is 810. The Labute approximate surface area is 149 Å². The van der Waals surface area contributed by atoms with Gasteiger partial charge in [-0.15, -0.1) is 0 Å². The first kappa shape index (κ1) is 17.2. The number of ether oxygens (including phenoxy) is 1. The molecule has 0 radical (unpaired) electrons. The normalized spacial score (nSPS) is 16.8. The van der Waals surface area contributed by atoms with E-state index in [2.05, 4.69) is 5.32 Å². The Kier molecular flexibility index (Phi) is 4.90. The molecule has 3 rings (SSSR count). The third-order valence-electron chi connectivity index (χ3n) is 4.04. The molecule has 1 heterocycles. The lowest BCUT2D eigenvalue weighted by Crippen LogP contribution is -2.28. The van der Waals surface area contributed by atoms with Crippen LogP contribution in [0.1, 0.15) is 6.42 Å². The summed E-state index contributed by atoms with van der Waals surface area (Å²) in [6.45, 7) is 0.225. The van der Waals surface area contributed by atoms with E-state index in [0.29, 0.717) is 22.1 Å². The van der Waals surface area contributed by atoms with E-state index >= 15 is 0 Å². The summed E-state index contributed by atoms with van der Waals surface area (Å²) in [5.74, 6) is -0.852. The molecule has 1 N–H and O–H groups in total. The first-order chi connectivity index (χ1) is 12.0. The van der Waals surface area contributed by atoms with Gasteiger partial charge in [-0.25, -0.2) is 4.39 Å². The molecule has 130 valence electrons. The van der Waals surface area contributed by atoms with Gasteiger partial charge in [0.05, 0.1) is 18.7 Å². The number of nitrogens with one attached hydrogen (secondary N) is 1. The summed E-state index contributed by atoms with van der Waals surface area (Å²) in [7, 11) is 1.51. The van der Waals surface area contributed by atoms with E-state index in [4.69, 9.17) is 16.3 Å². The van der Waals surface area contributed by atoms with Gasteiger partial charge in [-0.3, -0.25) is 9.59 Å². The smallest absolute Gasteiger partial charge is 0.229 e. The second-order valence-corrected chi connectivity index (χ2v) is 6.15. The molecule has 1 aliphatic rings. The van der Waals surface area contributed by atoms with E-state index in [1.54, 1.807) is 18.2 Å². The lowest BCUT2D eigenvalue weighted by atomic mass is 10.1. The van der Waals surface area contributed by atoms with Crippen molar-refractivity contribution in [1.29, 1.82) is 0 Å². The van der Waals surface area contributed by atoms with E-state index in [1.807, 2.05) is 0 Å². The van der Waals surface area contributed by atoms with E-state index in [9.17, 15) is 14.0 Å². The maximum Gasteiger partial charge on any atom is 0.229 e. The highest BCUT2D eigenvalue weighted by Gasteiger charge is 2.36. The minimum Gasteiger partial charge on any atom is -0.495 e. The minimum absolute atomic E-state index is 0.0860. The summed E-state index contributed by atoms with van der Waals surface area (Å²) >= 11 is 6.02. The van der Waals surface area contributed by atoms with Crippen molar-refractivity contribution < 1.29 is 18.7 Å². The molecule has 0 aromatic heterocycles. The molecule has 0 unspecified atom stereocenters. The molecule has 5 nitrogen and oxygen atoms in total. The Hall–Kier alpha value is -2.60. The van der Waals surface area contributed by atoms with Crippen LogP contribution in [0.2, 0.25) is 5.02 Å². The molecule has 2 aromatic carbocycles. The predicted molar refractivity (Wildman–Crippen MR) is 93.5 cm³/mol. The van der Waals surface area contributed by atoms with Crippen molar-refractivity contribution in [3.8, 4) is 5.75 Å². The highest BCUT2D eigenvalue weighted by atomic mass is 35.5. The van der Waals surface area contributed by atoms with E-state index in [-0.39, 0.29) is 30.6 Å². The van der Waals surface area contributed by atoms with Crippen LogP contribution in [0.5, 0.6) is 5.75 Å². The van der Waals surface area contributed by atoms with Crippen LogP contribution < -0.4 is 15.0 Å². The summed E-state index contributed by atoms with van der Waals surface area (Å²) in [4.78, 5) is 26.3. The van der Waals surface area contributed by atoms with Crippen molar-refractivity contribution in [3.05, 3.63) is 53.3 Å². The molecule has 7 heteroatoms. The molecule has 1 atom stereocenters. The molecule has 1 fully saturated rings. The summed E-state index contributed by atoms with van der Waals surface area (Å²) < 4.78 is 18.2. The third kappa shape index (κ3) is 3.74. The van der Waals surface area contributed by atoms with Crippen LogP contribution >= 0.6 is 11.6 Å². The van der Waals surface area contributed by atoms with E-state index in [1.165, 1.54) is 36.3 Å². The Morgan fingerprint density at radius 2 is 2.00 bits per heavy atom. The van der Waals surface area contributed by atoms with Crippen LogP contribution in [0.25, 0.3) is 0 Å². The number of carbonyl (C=O) groups excluding carboxylic acids is 2. The number of methoxy groups -OCH3 is 1. The molecule has 0 saturated carbocycles. The quantitative estimate of drug-likeness (QED) is 0.905. The molecule has 0 aliphatic carbocycles. The molecule has 0 spiro atoms. The number of amides is 2. The number of anilines is 2. The van der Waals surface area contributed by atoms with E-state index < -0.39 is 5.92 Å². The van der Waals surface area contributed by atoms with Crippen molar-refractivity contribution in [2.45, 2.75) is 6.42 Å². The molecule has 2 amide bonds. The largest absolute Gasteiger partial charge is 0.495 e. The number of carbonyl (C=O) groups is 2. The fourth-order valence-electron chi connectivity index (χ4n) is 2.77. The summed E-state index contributed by atoms with van der Waals surface area (Å²) in [5, 5.41) is 3.18. The monoisotopic (exact) mass is 362 g/mol. The first-order valence-electron chi connectivity index (χ1n) is 7.68. The fourth-order valence-corrected chi connectivity index (χ4v) is 2.93. The number of nitrogens with zero attached hydrogens (tertiary/aromatic N) is 1. The lowest BCUT2D eigenvalue weighted by Gasteiger charge is -2.19. The molecule has 1 saturated heterocycles. The highest BCUT2D eigenvalue weighted by Crippen LogP contribution is 2.35. The second kappa shape index (κ2) is 7.11. The Morgan fingerprint density at radius 3 is 2.68 bits per heavy atom. The summed E-state index contributed by atoms with van der Waals surface area (Å²) in [6.07, 6.45) is 0.0860. The number of benzene rings is 2. The SMILES string of the molecule is COc1ccc(Cl)cc1N1C[C@H](C(=O)Nc2ccc(F)cc2)CC1=O. The van der Waals surface area contributed by atoms with Gasteiger partial charge >= 0.3 is 0 Å². The van der Waals surface area contributed by atoms with Gasteiger partial charge in [-0.1, -0.05) is 11.6 Å². The number of hydrogen-bond donors (Lipinski definition) is 1. The summed E-state index contributed by atoms with van der Waals surface area (Å²) in [5.41, 5.74) is 1.02. The maximum absolute atomic E-state index is 12.9. The molecular formula is C18H16ClFN2O3. The molecule has 25 heavy (non-hydrogen) atoms. The predicted octanol–water partition coefficient (Wildman–Crippen LogP) is 3.48. The number of rotatable bonds is 4. The zero-order valence-corrected chi connectivity index (χ0v) is 14.2. The van der Waals surface area contributed by atoms with Gasteiger partial charge in [0, 0.05) is 23.7 Å². The summed E-state index contributed by atoms with van der Waals surface area (Å²) in [6, 6.07) is 10.5. The first-order valence-corrected chi connectivity index (χ1v) is 8.06. The van der Waals surface area contributed by atoms with Crippen molar-refractivity contribution in [1.82, 2.24) is 0 Å². The lowest BCUT2D eigenvalue weighted by molar-refractivity contribution is -0.122. The van der Waals surface area contributed by atoms with Crippen molar-refractivity contribution in [3.63, 3.8) is 0 Å². The fraction of sp³-hybridized carbons (Fsp3) is 0.222. The number of hydrogen-bond acceptors (Lipinski definition) is 3. The van der Waals surface area contributed by atoms with Gasteiger partial charge in [0.15, 0.2) is 0 Å². The van der Waals surface area contributed by atoms with Gasteiger partial charge in [0.1, 0.15) is 11.6 Å². The van der Waals surface area contributed by atoms with Crippen molar-refractivity contribution in [2.75, 3.05) is 23.9 Å². The van der Waals surface area contributed by atoms with Crippen LogP contribution in [0.4, 0.5) is 15.8 Å². The van der Waals surface area contributed by atoms with Gasteiger partial charge < -0.3 is 15.0 Å². The number of halogens is 2. The third-order valence-corrected chi connectivity index (χ3v) is 4.27. The average molecular weight is 363 g/mol. The Balaban J connectivity index is 1.75. The maximum atomic E-state index is 12.9. The van der Waals surface area contributed by atoms with Gasteiger partial charge in [0.2, 0.25) is 11.8 Å². The van der Waals surface area contributed by atoms with Gasteiger partial charge in [-0.05, 0) is 42.5 Å². The molecular weight excluding hydrogens is 347 g/mol. The standard InChI is InChI=1S/C18H16ClFN2O3/c1-25-16-7-2-12(19)9-15(16)22-10-11(8-17(22)23)18(24)21-14-5-3-13(20)4-6-14/h2-7,9,11H,8,10H2,1H3,(H,21,24)/t11-/m1/s1. The zero-order chi connectivity index (χ0) is 18.0. The average Bonchev–Trinajstić information content (AvgIpc) is 2.98. The Morgan fingerprint density at radius 1 is 1.28 bits per heavy atom. The van der Waals surface area contributed by atoms with Gasteiger partial charge in [0.25, 0.3) is 0 Å². The van der Waals surface area contributed by atoms with Crippen LogP contribution in [-0.2, 0) is 9.59 Å². The molecule has 1 aliphatic heterocycles. The highest BCUT2D eigenvalue weighted by molar-refractivity contribution is 6.31. The minimum atomic E-state index is -0.513. The second-order valence-electron chi connectivity index (χ2n) is 5.72. The van der Waals surface area contributed by atoms with E-state index in [0.717, 1.165) is 0 Å². The van der Waals surface area contributed by atoms with Crippen molar-refractivity contribution >= 4 is 34.8 Å². The van der Waals surface area contributed by atoms with Crippen molar-refractivity contribution in [2.24, 2.45) is 5.92 Å². The van der Waals surface area contributed by atoms with Gasteiger partial charge in [-0.2, -0.15) is 0 Å². The zero-order valence-electron chi connectivity index (χ0n) is 13.5. The van der Waals surface area contributed by atoms with Crippen LogP contribution in [0, 0.1) is 11.7 Å². The topological polar surface area (TPSA) is 58.6 Å². The van der Waals surface area contributed by atoms with Crippen LogP contribution in [0.3, 0.4) is 0 Å². The molecule has 0 bridgehead atoms. The molecule has 2 aromatic rings. The van der Waals surface area contributed by atoms with Crippen LogP contribution in [0.15, 0.2) is 42.5 Å². The van der Waals surface area contributed by atoms with Crippen LogP contribution in [-0.4, -0.2) is 25.5 Å².